The van der Waals surface area contributed by atoms with Crippen molar-refractivity contribution in [3.05, 3.63) is 76.8 Å². The highest BCUT2D eigenvalue weighted by atomic mass is 35.5. The zero-order chi connectivity index (χ0) is 17.6. The fourth-order valence-electron chi connectivity index (χ4n) is 2.78. The van der Waals surface area contributed by atoms with Crippen LogP contribution in [0.4, 0.5) is 0 Å². The number of aliphatic hydroxyl groups is 1. The van der Waals surface area contributed by atoms with Crippen LogP contribution < -0.4 is 10.1 Å². The fourth-order valence-corrected chi connectivity index (χ4v) is 2.91. The third kappa shape index (κ3) is 4.73. The molecule has 130 valence electrons. The van der Waals surface area contributed by atoms with E-state index in [-0.39, 0.29) is 6.10 Å². The Kier molecular flexibility index (Phi) is 5.92. The van der Waals surface area contributed by atoms with Crippen molar-refractivity contribution in [3.63, 3.8) is 0 Å². The van der Waals surface area contributed by atoms with E-state index in [2.05, 4.69) is 23.5 Å². The van der Waals surface area contributed by atoms with Gasteiger partial charge in [0.2, 0.25) is 0 Å². The second-order valence-corrected chi connectivity index (χ2v) is 6.59. The highest BCUT2D eigenvalue weighted by Crippen LogP contribution is 2.29. The molecule has 0 heterocycles. The van der Waals surface area contributed by atoms with Crippen LogP contribution in [0.1, 0.15) is 18.1 Å². The van der Waals surface area contributed by atoms with Gasteiger partial charge >= 0.3 is 0 Å². The van der Waals surface area contributed by atoms with Crippen LogP contribution in [0.5, 0.6) is 5.75 Å². The lowest BCUT2D eigenvalue weighted by Gasteiger charge is -2.16. The Labute approximate surface area is 153 Å². The first-order valence-corrected chi connectivity index (χ1v) is 8.78. The first kappa shape index (κ1) is 17.7. The zero-order valence-corrected chi connectivity index (χ0v) is 15.0. The average Bonchev–Trinajstić information content (AvgIpc) is 2.62. The van der Waals surface area contributed by atoms with Gasteiger partial charge < -0.3 is 15.2 Å². The summed E-state index contributed by atoms with van der Waals surface area (Å²) in [5.41, 5.74) is 2.17. The van der Waals surface area contributed by atoms with Crippen LogP contribution >= 0.6 is 11.6 Å². The summed E-state index contributed by atoms with van der Waals surface area (Å²) < 4.78 is 6.08. The number of ether oxygens (including phenoxy) is 1. The van der Waals surface area contributed by atoms with Gasteiger partial charge in [0.25, 0.3) is 0 Å². The van der Waals surface area contributed by atoms with Gasteiger partial charge in [-0.1, -0.05) is 54.1 Å². The Hall–Kier alpha value is -2.07. The lowest BCUT2D eigenvalue weighted by molar-refractivity contribution is 0.190. The second-order valence-electron chi connectivity index (χ2n) is 6.16. The normalized spacial score (nSPS) is 12.3. The van der Waals surface area contributed by atoms with Crippen LogP contribution in [-0.2, 0) is 13.2 Å². The largest absolute Gasteiger partial charge is 0.489 e. The molecule has 0 spiro atoms. The number of hydrogen-bond donors (Lipinski definition) is 2. The maximum absolute atomic E-state index is 9.48. The van der Waals surface area contributed by atoms with Gasteiger partial charge in [-0.05, 0) is 41.5 Å². The molecule has 4 heteroatoms. The monoisotopic (exact) mass is 355 g/mol. The van der Waals surface area contributed by atoms with E-state index in [9.17, 15) is 5.11 Å². The number of hydrogen-bond acceptors (Lipinski definition) is 3. The van der Waals surface area contributed by atoms with Gasteiger partial charge in [-0.3, -0.25) is 0 Å². The van der Waals surface area contributed by atoms with E-state index in [4.69, 9.17) is 16.3 Å². The molecule has 0 aromatic heterocycles. The number of halogens is 1. The lowest BCUT2D eigenvalue weighted by atomic mass is 10.0. The molecule has 0 aliphatic rings. The summed E-state index contributed by atoms with van der Waals surface area (Å²) in [7, 11) is 0. The number of fused-ring (bicyclic) bond motifs is 1. The summed E-state index contributed by atoms with van der Waals surface area (Å²) >= 11 is 5.93. The van der Waals surface area contributed by atoms with Gasteiger partial charge in [0.1, 0.15) is 12.4 Å². The van der Waals surface area contributed by atoms with Crippen LogP contribution in [0.3, 0.4) is 0 Å². The maximum Gasteiger partial charge on any atom is 0.124 e. The molecular formula is C21H22ClNO2. The smallest absolute Gasteiger partial charge is 0.124 e. The van der Waals surface area contributed by atoms with Crippen molar-refractivity contribution in [2.75, 3.05) is 6.54 Å². The average molecular weight is 356 g/mol. The Morgan fingerprint density at radius 2 is 1.80 bits per heavy atom. The van der Waals surface area contributed by atoms with E-state index in [0.29, 0.717) is 19.7 Å². The van der Waals surface area contributed by atoms with Crippen molar-refractivity contribution in [2.45, 2.75) is 26.2 Å². The summed E-state index contributed by atoms with van der Waals surface area (Å²) in [4.78, 5) is 0. The molecular weight excluding hydrogens is 334 g/mol. The molecule has 25 heavy (non-hydrogen) atoms. The maximum atomic E-state index is 9.48. The van der Waals surface area contributed by atoms with Crippen molar-refractivity contribution in [1.29, 1.82) is 0 Å². The molecule has 3 nitrogen and oxygen atoms in total. The van der Waals surface area contributed by atoms with Crippen molar-refractivity contribution in [3.8, 4) is 5.75 Å². The van der Waals surface area contributed by atoms with Crippen LogP contribution in [-0.4, -0.2) is 17.8 Å². The van der Waals surface area contributed by atoms with Gasteiger partial charge in [-0.25, -0.2) is 0 Å². The van der Waals surface area contributed by atoms with E-state index < -0.39 is 0 Å². The Bertz CT molecular complexity index is 831. The van der Waals surface area contributed by atoms with Crippen LogP contribution in [0.25, 0.3) is 10.8 Å². The number of aliphatic hydroxyl groups excluding tert-OH is 1. The molecule has 3 aromatic carbocycles. The predicted octanol–water partition coefficient (Wildman–Crippen LogP) is 4.54. The molecule has 1 atom stereocenters. The minimum Gasteiger partial charge on any atom is -0.489 e. The van der Waals surface area contributed by atoms with E-state index in [1.165, 1.54) is 5.39 Å². The number of benzene rings is 3. The Balaban J connectivity index is 1.83. The fraction of sp³-hybridized carbons (Fsp3) is 0.238. The molecule has 1 unspecified atom stereocenters. The molecule has 0 amide bonds. The molecule has 0 saturated heterocycles. The van der Waals surface area contributed by atoms with Crippen LogP contribution in [0.2, 0.25) is 5.02 Å². The molecule has 0 radical (unpaired) electrons. The third-order valence-corrected chi connectivity index (χ3v) is 4.30. The second kappa shape index (κ2) is 8.34. The van der Waals surface area contributed by atoms with Gasteiger partial charge in [0, 0.05) is 23.7 Å². The number of rotatable bonds is 7. The summed E-state index contributed by atoms with van der Waals surface area (Å²) in [5.74, 6) is 0.853. The van der Waals surface area contributed by atoms with Crippen LogP contribution in [0, 0.1) is 0 Å². The van der Waals surface area contributed by atoms with Crippen molar-refractivity contribution in [1.82, 2.24) is 5.32 Å². The van der Waals surface area contributed by atoms with E-state index in [1.54, 1.807) is 6.92 Å². The van der Waals surface area contributed by atoms with Crippen molar-refractivity contribution < 1.29 is 9.84 Å². The van der Waals surface area contributed by atoms with Gasteiger partial charge in [0.05, 0.1) is 6.10 Å². The molecule has 0 saturated carbocycles. The van der Waals surface area contributed by atoms with E-state index in [0.717, 1.165) is 27.3 Å². The SMILES string of the molecule is CC(O)CNCc1c(OCc2ccc(Cl)cc2)ccc2ccccc12. The Morgan fingerprint density at radius 1 is 1.04 bits per heavy atom. The third-order valence-electron chi connectivity index (χ3n) is 4.05. The zero-order valence-electron chi connectivity index (χ0n) is 14.2. The first-order chi connectivity index (χ1) is 12.1. The highest BCUT2D eigenvalue weighted by Gasteiger charge is 2.09. The summed E-state index contributed by atoms with van der Waals surface area (Å²) in [6, 6.07) is 20.0. The van der Waals surface area contributed by atoms with Gasteiger partial charge in [0.15, 0.2) is 0 Å². The highest BCUT2D eigenvalue weighted by molar-refractivity contribution is 6.30. The lowest BCUT2D eigenvalue weighted by Crippen LogP contribution is -2.24. The first-order valence-electron chi connectivity index (χ1n) is 8.40. The number of nitrogens with one attached hydrogen (secondary N) is 1. The molecule has 0 aliphatic carbocycles. The molecule has 3 rings (SSSR count). The molecule has 0 aliphatic heterocycles. The van der Waals surface area contributed by atoms with E-state index in [1.807, 2.05) is 42.5 Å². The Morgan fingerprint density at radius 3 is 2.56 bits per heavy atom. The minimum absolute atomic E-state index is 0.381. The topological polar surface area (TPSA) is 41.5 Å². The van der Waals surface area contributed by atoms with Gasteiger partial charge in [-0.15, -0.1) is 0 Å². The van der Waals surface area contributed by atoms with Crippen molar-refractivity contribution >= 4 is 22.4 Å². The van der Waals surface area contributed by atoms with E-state index >= 15 is 0 Å². The summed E-state index contributed by atoms with van der Waals surface area (Å²) in [5, 5.41) is 15.8. The molecule has 3 aromatic rings. The van der Waals surface area contributed by atoms with Crippen LogP contribution in [0.15, 0.2) is 60.7 Å². The molecule has 0 bridgehead atoms. The predicted molar refractivity (Wildman–Crippen MR) is 103 cm³/mol. The standard InChI is InChI=1S/C21H22ClNO2/c1-15(24)12-23-13-20-19-5-3-2-4-17(19)8-11-21(20)25-14-16-6-9-18(22)10-7-16/h2-11,15,23-24H,12-14H2,1H3. The summed E-state index contributed by atoms with van der Waals surface area (Å²) in [6.45, 7) is 3.44. The van der Waals surface area contributed by atoms with Gasteiger partial charge in [-0.2, -0.15) is 0 Å². The van der Waals surface area contributed by atoms with Crippen molar-refractivity contribution in [2.24, 2.45) is 0 Å². The molecule has 0 fully saturated rings. The molecule has 2 N–H and O–H groups in total. The minimum atomic E-state index is -0.381. The summed E-state index contributed by atoms with van der Waals surface area (Å²) in [6.07, 6.45) is -0.381. The quantitative estimate of drug-likeness (QED) is 0.653.